The van der Waals surface area contributed by atoms with Crippen molar-refractivity contribution in [3.05, 3.63) is 82.2 Å². The predicted molar refractivity (Wildman–Crippen MR) is 113 cm³/mol. The van der Waals surface area contributed by atoms with E-state index in [9.17, 15) is 14.0 Å². The van der Waals surface area contributed by atoms with Gasteiger partial charge in [-0.25, -0.2) is 9.37 Å². The highest BCUT2D eigenvalue weighted by Crippen LogP contribution is 2.22. The van der Waals surface area contributed by atoms with Crippen LogP contribution in [0.5, 0.6) is 0 Å². The van der Waals surface area contributed by atoms with Gasteiger partial charge in [0.15, 0.2) is 5.82 Å². The lowest BCUT2D eigenvalue weighted by Gasteiger charge is -2.23. The van der Waals surface area contributed by atoms with Crippen LogP contribution < -0.4 is 10.9 Å². The average Bonchev–Trinajstić information content (AvgIpc) is 2.67. The quantitative estimate of drug-likeness (QED) is 0.649. The van der Waals surface area contributed by atoms with Gasteiger partial charge in [-0.05, 0) is 35.2 Å². The number of nitrogens with zero attached hydrogens (tertiary/aromatic N) is 2. The van der Waals surface area contributed by atoms with Crippen molar-refractivity contribution in [3.63, 3.8) is 0 Å². The molecule has 7 heteroatoms. The first-order valence-corrected chi connectivity index (χ1v) is 9.76. The topological polar surface area (TPSA) is 87.7 Å². The molecule has 0 saturated carbocycles. The zero-order valence-corrected chi connectivity index (χ0v) is 17.3. The molecule has 0 aliphatic carbocycles. The van der Waals surface area contributed by atoms with Gasteiger partial charge < -0.3 is 10.3 Å². The third-order valence-electron chi connectivity index (χ3n) is 4.41. The van der Waals surface area contributed by atoms with Crippen molar-refractivity contribution in [1.29, 1.82) is 0 Å². The monoisotopic (exact) mass is 408 g/mol. The zero-order chi connectivity index (χ0) is 21.7. The minimum atomic E-state index is -0.452. The number of carbonyl (C=O) groups excluding carboxylic acids is 1. The normalized spacial score (nSPS) is 12.4. The van der Waals surface area contributed by atoms with Crippen LogP contribution in [0.15, 0.2) is 59.5 Å². The smallest absolute Gasteiger partial charge is 0.251 e. The maximum atomic E-state index is 13.4. The minimum absolute atomic E-state index is 0.119. The molecule has 0 fully saturated rings. The van der Waals surface area contributed by atoms with Gasteiger partial charge in [-0.2, -0.15) is 0 Å². The van der Waals surface area contributed by atoms with Gasteiger partial charge in [-0.15, -0.1) is 0 Å². The van der Waals surface area contributed by atoms with Crippen molar-refractivity contribution < 1.29 is 9.18 Å². The predicted octanol–water partition coefficient (Wildman–Crippen LogP) is 3.81. The molecule has 0 aliphatic heterocycles. The summed E-state index contributed by atoms with van der Waals surface area (Å²) >= 11 is 0. The first kappa shape index (κ1) is 21.4. The van der Waals surface area contributed by atoms with E-state index in [2.05, 4.69) is 20.3 Å². The Balaban J connectivity index is 1.91. The molecule has 1 atom stereocenters. The molecule has 1 aromatic carbocycles. The molecular weight excluding hydrogens is 383 g/mol. The summed E-state index contributed by atoms with van der Waals surface area (Å²) in [7, 11) is 0. The summed E-state index contributed by atoms with van der Waals surface area (Å²) in [6.07, 6.45) is 2.24. The number of aromatic amines is 1. The van der Waals surface area contributed by atoms with E-state index in [0.29, 0.717) is 23.6 Å². The highest BCUT2D eigenvalue weighted by Gasteiger charge is 2.21. The van der Waals surface area contributed by atoms with Gasteiger partial charge in [0, 0.05) is 25.1 Å². The van der Waals surface area contributed by atoms with E-state index in [4.69, 9.17) is 0 Å². The number of H-pyrrole nitrogens is 1. The van der Waals surface area contributed by atoms with Crippen LogP contribution in [-0.2, 0) is 11.2 Å². The highest BCUT2D eigenvalue weighted by atomic mass is 19.1. The van der Waals surface area contributed by atoms with Crippen LogP contribution in [-0.4, -0.2) is 20.9 Å². The van der Waals surface area contributed by atoms with Crippen LogP contribution in [0.25, 0.3) is 11.5 Å². The molecule has 3 rings (SSSR count). The maximum Gasteiger partial charge on any atom is 0.251 e. The van der Waals surface area contributed by atoms with Crippen molar-refractivity contribution in [2.75, 3.05) is 0 Å². The Morgan fingerprint density at radius 2 is 1.90 bits per heavy atom. The Morgan fingerprint density at radius 1 is 1.17 bits per heavy atom. The summed E-state index contributed by atoms with van der Waals surface area (Å²) < 4.78 is 13.4. The van der Waals surface area contributed by atoms with E-state index in [-0.39, 0.29) is 29.1 Å². The van der Waals surface area contributed by atoms with Crippen molar-refractivity contribution in [3.8, 4) is 11.5 Å². The molecule has 6 nitrogen and oxygen atoms in total. The molecule has 156 valence electrons. The molecule has 1 amide bonds. The van der Waals surface area contributed by atoms with Gasteiger partial charge >= 0.3 is 0 Å². The van der Waals surface area contributed by atoms with Gasteiger partial charge in [-0.3, -0.25) is 14.6 Å². The number of hydrogen-bond donors (Lipinski definition) is 2. The second-order valence-electron chi connectivity index (χ2n) is 8.41. The van der Waals surface area contributed by atoms with Crippen molar-refractivity contribution >= 4 is 5.91 Å². The SMILES string of the molecule is CC(C)(C)CC(=O)N[C@H](Cc1cc(=O)[nH]c(-c2ccccn2)n1)c1ccc(F)cc1. The molecule has 0 spiro atoms. The number of benzene rings is 1. The molecular formula is C23H25FN4O2. The number of nitrogens with one attached hydrogen (secondary N) is 2. The van der Waals surface area contributed by atoms with Crippen LogP contribution in [0.2, 0.25) is 0 Å². The molecule has 3 aromatic rings. The minimum Gasteiger partial charge on any atom is -0.349 e. The molecule has 2 aromatic heterocycles. The molecule has 2 heterocycles. The molecule has 0 bridgehead atoms. The number of aromatic nitrogens is 3. The van der Waals surface area contributed by atoms with E-state index in [1.807, 2.05) is 26.8 Å². The fraction of sp³-hybridized carbons (Fsp3) is 0.304. The van der Waals surface area contributed by atoms with E-state index < -0.39 is 6.04 Å². The van der Waals surface area contributed by atoms with Gasteiger partial charge in [0.05, 0.1) is 11.7 Å². The number of hydrogen-bond acceptors (Lipinski definition) is 4. The first-order valence-electron chi connectivity index (χ1n) is 9.76. The molecule has 0 aliphatic rings. The number of pyridine rings is 1. The highest BCUT2D eigenvalue weighted by molar-refractivity contribution is 5.77. The number of carbonyl (C=O) groups is 1. The van der Waals surface area contributed by atoms with Gasteiger partial charge in [0.1, 0.15) is 11.5 Å². The van der Waals surface area contributed by atoms with Crippen LogP contribution >= 0.6 is 0 Å². The summed E-state index contributed by atoms with van der Waals surface area (Å²) in [5.41, 5.74) is 1.31. The number of amides is 1. The number of halogens is 1. The largest absolute Gasteiger partial charge is 0.349 e. The number of rotatable bonds is 6. The van der Waals surface area contributed by atoms with Gasteiger partial charge in [0.2, 0.25) is 5.91 Å². The lowest BCUT2D eigenvalue weighted by atomic mass is 9.91. The Hall–Kier alpha value is -3.35. The van der Waals surface area contributed by atoms with Crippen LogP contribution in [0.1, 0.15) is 44.5 Å². The summed E-state index contributed by atoms with van der Waals surface area (Å²) in [6, 6.07) is 12.2. The average molecular weight is 408 g/mol. The van der Waals surface area contributed by atoms with Crippen molar-refractivity contribution in [2.45, 2.75) is 39.7 Å². The second-order valence-corrected chi connectivity index (χ2v) is 8.41. The molecule has 0 unspecified atom stereocenters. The second kappa shape index (κ2) is 8.98. The fourth-order valence-electron chi connectivity index (χ4n) is 3.12. The molecule has 0 saturated heterocycles. The third-order valence-corrected chi connectivity index (χ3v) is 4.41. The Labute approximate surface area is 174 Å². The van der Waals surface area contributed by atoms with Crippen molar-refractivity contribution in [1.82, 2.24) is 20.3 Å². The summed E-state index contributed by atoms with van der Waals surface area (Å²) in [5, 5.41) is 3.01. The van der Waals surface area contributed by atoms with Gasteiger partial charge in [-0.1, -0.05) is 39.0 Å². The molecule has 0 radical (unpaired) electrons. The zero-order valence-electron chi connectivity index (χ0n) is 17.3. The van der Waals surface area contributed by atoms with Crippen molar-refractivity contribution in [2.24, 2.45) is 5.41 Å². The van der Waals surface area contributed by atoms with E-state index in [0.717, 1.165) is 5.56 Å². The fourth-order valence-corrected chi connectivity index (χ4v) is 3.12. The van der Waals surface area contributed by atoms with E-state index in [1.54, 1.807) is 30.5 Å². The van der Waals surface area contributed by atoms with Crippen LogP contribution in [0.4, 0.5) is 4.39 Å². The lowest BCUT2D eigenvalue weighted by Crippen LogP contribution is -2.33. The molecule has 30 heavy (non-hydrogen) atoms. The van der Waals surface area contributed by atoms with Gasteiger partial charge in [0.25, 0.3) is 5.56 Å². The lowest BCUT2D eigenvalue weighted by molar-refractivity contribution is -0.123. The maximum absolute atomic E-state index is 13.4. The Bertz CT molecular complexity index is 1060. The summed E-state index contributed by atoms with van der Waals surface area (Å²) in [5.74, 6) is -0.117. The van der Waals surface area contributed by atoms with Crippen LogP contribution in [0.3, 0.4) is 0 Å². The van der Waals surface area contributed by atoms with E-state index in [1.165, 1.54) is 18.2 Å². The van der Waals surface area contributed by atoms with Crippen LogP contribution in [0, 0.1) is 11.2 Å². The third kappa shape index (κ3) is 6.07. The first-order chi connectivity index (χ1) is 14.2. The Morgan fingerprint density at radius 3 is 2.53 bits per heavy atom. The molecule has 2 N–H and O–H groups in total. The summed E-state index contributed by atoms with van der Waals surface area (Å²) in [6.45, 7) is 5.95. The summed E-state index contributed by atoms with van der Waals surface area (Å²) in [4.78, 5) is 36.2. The standard InChI is InChI=1S/C23H25FN4O2/c1-23(2,3)14-21(30)27-19(15-7-9-16(24)10-8-15)12-17-13-20(29)28-22(26-17)18-6-4-5-11-25-18/h4-11,13,19H,12,14H2,1-3H3,(H,27,30)(H,26,28,29)/t19-/m1/s1. The van der Waals surface area contributed by atoms with E-state index >= 15 is 0 Å². The Kier molecular flexibility index (Phi) is 6.40.